The highest BCUT2D eigenvalue weighted by Crippen LogP contribution is 2.04. The minimum absolute atomic E-state index is 0.0463. The van der Waals surface area contributed by atoms with E-state index in [1.807, 2.05) is 0 Å². The zero-order chi connectivity index (χ0) is 10.1. The summed E-state index contributed by atoms with van der Waals surface area (Å²) in [5.74, 6) is -0.153. The third kappa shape index (κ3) is 1.16. The molecule has 2 heterocycles. The van der Waals surface area contributed by atoms with Gasteiger partial charge in [-0.3, -0.25) is 4.79 Å². The summed E-state index contributed by atoms with van der Waals surface area (Å²) in [5, 5.41) is 0. The highest BCUT2D eigenvalue weighted by molar-refractivity contribution is 7.64. The van der Waals surface area contributed by atoms with E-state index < -0.39 is 17.4 Å². The predicted molar refractivity (Wildman–Crippen MR) is 50.9 cm³/mol. The van der Waals surface area contributed by atoms with Crippen LogP contribution in [0.2, 0.25) is 0 Å². The Balaban J connectivity index is 3.05. The van der Waals surface area contributed by atoms with E-state index in [1.54, 1.807) is 0 Å². The molecule has 8 heteroatoms. The third-order valence-corrected chi connectivity index (χ3v) is 2.15. The van der Waals surface area contributed by atoms with Gasteiger partial charge in [-0.25, -0.2) is 18.1 Å². The van der Waals surface area contributed by atoms with E-state index in [9.17, 15) is 9.00 Å². The first-order valence-electron chi connectivity index (χ1n) is 3.57. The SMILES string of the molecule is Nc1nc(=O)c2nccnc2n1[SH]=O. The minimum atomic E-state index is -0.578. The van der Waals surface area contributed by atoms with Crippen LogP contribution in [0.5, 0.6) is 0 Å². The molecule has 2 N–H and O–H groups in total. The minimum Gasteiger partial charge on any atom is -0.368 e. The lowest BCUT2D eigenvalue weighted by molar-refractivity contribution is 0.689. The van der Waals surface area contributed by atoms with E-state index >= 15 is 0 Å². The summed E-state index contributed by atoms with van der Waals surface area (Å²) in [6.45, 7) is 0. The maximum Gasteiger partial charge on any atom is 0.302 e. The number of thiol groups is 1. The number of fused-ring (bicyclic) bond motifs is 1. The van der Waals surface area contributed by atoms with Gasteiger partial charge in [0, 0.05) is 12.4 Å². The van der Waals surface area contributed by atoms with E-state index in [0.29, 0.717) is 0 Å². The summed E-state index contributed by atoms with van der Waals surface area (Å²) >= 11 is -0.406. The molecule has 0 atom stereocenters. The van der Waals surface area contributed by atoms with Crippen LogP contribution in [0.15, 0.2) is 17.2 Å². The third-order valence-electron chi connectivity index (χ3n) is 1.60. The van der Waals surface area contributed by atoms with Crippen LogP contribution in [0.1, 0.15) is 0 Å². The Hall–Kier alpha value is -1.83. The van der Waals surface area contributed by atoms with Gasteiger partial charge in [-0.15, -0.1) is 0 Å². The molecule has 2 rings (SSSR count). The van der Waals surface area contributed by atoms with Gasteiger partial charge in [-0.2, -0.15) is 4.98 Å². The van der Waals surface area contributed by atoms with Gasteiger partial charge in [0.25, 0.3) is 0 Å². The van der Waals surface area contributed by atoms with Crippen molar-refractivity contribution in [2.45, 2.75) is 0 Å². The zero-order valence-electron chi connectivity index (χ0n) is 6.78. The maximum absolute atomic E-state index is 11.3. The van der Waals surface area contributed by atoms with Gasteiger partial charge in [0.05, 0.1) is 0 Å². The summed E-state index contributed by atoms with van der Waals surface area (Å²) in [5.41, 5.74) is 5.00. The lowest BCUT2D eigenvalue weighted by Crippen LogP contribution is -2.18. The number of hydrogen-bond acceptors (Lipinski definition) is 6. The molecule has 2 aromatic heterocycles. The van der Waals surface area contributed by atoms with Gasteiger partial charge < -0.3 is 5.73 Å². The number of nitrogen functional groups attached to an aromatic ring is 1. The van der Waals surface area contributed by atoms with Crippen molar-refractivity contribution < 1.29 is 4.21 Å². The molecule has 0 amide bonds. The maximum atomic E-state index is 11.3. The number of nitrogens with zero attached hydrogens (tertiary/aromatic N) is 4. The molecule has 14 heavy (non-hydrogen) atoms. The van der Waals surface area contributed by atoms with Crippen molar-refractivity contribution in [1.29, 1.82) is 0 Å². The van der Waals surface area contributed by atoms with Crippen LogP contribution in [0.4, 0.5) is 5.95 Å². The van der Waals surface area contributed by atoms with Crippen LogP contribution >= 0.6 is 0 Å². The van der Waals surface area contributed by atoms with Crippen LogP contribution < -0.4 is 11.3 Å². The average molecular weight is 211 g/mol. The van der Waals surface area contributed by atoms with Crippen molar-refractivity contribution >= 4 is 29.0 Å². The van der Waals surface area contributed by atoms with Crippen LogP contribution in [0.3, 0.4) is 0 Å². The molecule has 0 saturated carbocycles. The lowest BCUT2D eigenvalue weighted by atomic mass is 10.5. The fourth-order valence-corrected chi connectivity index (χ4v) is 1.38. The van der Waals surface area contributed by atoms with Gasteiger partial charge in [-0.05, 0) is 0 Å². The number of anilines is 1. The Morgan fingerprint density at radius 3 is 2.79 bits per heavy atom. The van der Waals surface area contributed by atoms with Gasteiger partial charge in [0.1, 0.15) is 11.9 Å². The number of rotatable bonds is 1. The van der Waals surface area contributed by atoms with Gasteiger partial charge in [0.2, 0.25) is 5.95 Å². The number of hydrogen-bond donors (Lipinski definition) is 2. The van der Waals surface area contributed by atoms with Gasteiger partial charge in [-0.1, -0.05) is 0 Å². The molecule has 0 aromatic carbocycles. The smallest absolute Gasteiger partial charge is 0.302 e. The van der Waals surface area contributed by atoms with Crippen molar-refractivity contribution in [3.63, 3.8) is 0 Å². The van der Waals surface area contributed by atoms with Crippen molar-refractivity contribution in [2.24, 2.45) is 0 Å². The van der Waals surface area contributed by atoms with Crippen molar-refractivity contribution in [3.8, 4) is 0 Å². The summed E-state index contributed by atoms with van der Waals surface area (Å²) in [6.07, 6.45) is 2.73. The highest BCUT2D eigenvalue weighted by Gasteiger charge is 2.08. The molecule has 0 radical (unpaired) electrons. The van der Waals surface area contributed by atoms with Gasteiger partial charge >= 0.3 is 5.56 Å². The van der Waals surface area contributed by atoms with Gasteiger partial charge in [0.15, 0.2) is 11.2 Å². The number of aromatic nitrogens is 4. The van der Waals surface area contributed by atoms with Crippen molar-refractivity contribution in [2.75, 3.05) is 5.73 Å². The first kappa shape index (κ1) is 8.75. The van der Waals surface area contributed by atoms with Crippen molar-refractivity contribution in [1.82, 2.24) is 18.9 Å². The predicted octanol–water partition coefficient (Wildman–Crippen LogP) is -1.52. The molecule has 7 nitrogen and oxygen atoms in total. The Morgan fingerprint density at radius 2 is 2.07 bits per heavy atom. The zero-order valence-corrected chi connectivity index (χ0v) is 7.68. The lowest BCUT2D eigenvalue weighted by Gasteiger charge is -2.02. The first-order valence-corrected chi connectivity index (χ1v) is 4.33. The summed E-state index contributed by atoms with van der Waals surface area (Å²) in [4.78, 5) is 22.3. The quantitative estimate of drug-likeness (QED) is 0.555. The molecule has 0 saturated heterocycles. The van der Waals surface area contributed by atoms with E-state index in [2.05, 4.69) is 15.0 Å². The molecular weight excluding hydrogens is 206 g/mol. The molecule has 0 unspecified atom stereocenters. The van der Waals surface area contributed by atoms with Crippen LogP contribution in [-0.4, -0.2) is 23.1 Å². The normalized spacial score (nSPS) is 10.6. The Labute approximate surface area is 81.2 Å². The fourth-order valence-electron chi connectivity index (χ4n) is 1.03. The number of nitrogens with two attached hydrogens (primary N) is 1. The average Bonchev–Trinajstić information content (AvgIpc) is 2.18. The Bertz CT molecular complexity index is 566. The Morgan fingerprint density at radius 1 is 1.36 bits per heavy atom. The fraction of sp³-hybridized carbons (Fsp3) is 0. The highest BCUT2D eigenvalue weighted by atomic mass is 32.2. The summed E-state index contributed by atoms with van der Waals surface area (Å²) < 4.78 is 11.8. The van der Waals surface area contributed by atoms with E-state index in [0.717, 1.165) is 3.97 Å². The van der Waals surface area contributed by atoms with E-state index in [1.165, 1.54) is 12.4 Å². The van der Waals surface area contributed by atoms with Crippen LogP contribution in [0, 0.1) is 0 Å². The van der Waals surface area contributed by atoms with E-state index in [4.69, 9.17) is 5.73 Å². The van der Waals surface area contributed by atoms with Crippen molar-refractivity contribution in [3.05, 3.63) is 22.7 Å². The monoisotopic (exact) mass is 211 g/mol. The second-order valence-electron chi connectivity index (χ2n) is 2.40. The second kappa shape index (κ2) is 3.14. The Kier molecular flexibility index (Phi) is 1.97. The molecule has 72 valence electrons. The summed E-state index contributed by atoms with van der Waals surface area (Å²) in [6, 6.07) is 0. The largest absolute Gasteiger partial charge is 0.368 e. The van der Waals surface area contributed by atoms with Crippen LogP contribution in [-0.2, 0) is 11.9 Å². The van der Waals surface area contributed by atoms with E-state index in [-0.39, 0.29) is 17.1 Å². The first-order chi connectivity index (χ1) is 6.74. The van der Waals surface area contributed by atoms with Crippen LogP contribution in [0.25, 0.3) is 11.2 Å². The summed E-state index contributed by atoms with van der Waals surface area (Å²) in [7, 11) is 0. The molecule has 0 aliphatic heterocycles. The topological polar surface area (TPSA) is 104 Å². The molecule has 0 bridgehead atoms. The molecule has 2 aromatic rings. The second-order valence-corrected chi connectivity index (χ2v) is 2.96. The molecule has 0 fully saturated rings. The molecule has 0 aliphatic carbocycles. The molecule has 0 aliphatic rings. The molecular formula is C6H5N5O2S. The standard InChI is InChI=1S/C6H5N5O2S/c7-6-10-5(12)3-4(11(6)14-13)9-2-1-8-3/h1-2,14H,(H2,7,10,12). The molecule has 0 spiro atoms.